The van der Waals surface area contributed by atoms with Gasteiger partial charge in [-0.25, -0.2) is 9.18 Å². The monoisotopic (exact) mass is 296 g/mol. The lowest BCUT2D eigenvalue weighted by Gasteiger charge is -2.20. The number of nitrogens with one attached hydrogen (secondary N) is 1. The van der Waals surface area contributed by atoms with E-state index in [1.165, 1.54) is 30.2 Å². The first-order valence-electron chi connectivity index (χ1n) is 6.48. The maximum atomic E-state index is 13.3. The van der Waals surface area contributed by atoms with Crippen LogP contribution in [0.3, 0.4) is 0 Å². The van der Waals surface area contributed by atoms with Crippen molar-refractivity contribution in [2.45, 2.75) is 13.3 Å². The zero-order valence-corrected chi connectivity index (χ0v) is 11.9. The number of carbonyl (C=O) groups excluding carboxylic acids is 1. The second-order valence-corrected chi connectivity index (χ2v) is 5.32. The smallest absolute Gasteiger partial charge is 0.321 e. The quantitative estimate of drug-likeness (QED) is 0.896. The number of hydrogen-bond donors (Lipinski definition) is 2. The lowest BCUT2D eigenvalue weighted by molar-refractivity contribution is -0.146. The number of aliphatic carboxylic acids is 1. The fraction of sp³-hybridized carbons (Fsp3) is 0.429. The van der Waals surface area contributed by atoms with Crippen LogP contribution in [0.2, 0.25) is 0 Å². The fourth-order valence-electron chi connectivity index (χ4n) is 2.25. The second kappa shape index (κ2) is 5.59. The summed E-state index contributed by atoms with van der Waals surface area (Å²) >= 11 is 0. The van der Waals surface area contributed by atoms with Crippen LogP contribution in [-0.4, -0.2) is 42.2 Å². The van der Waals surface area contributed by atoms with Gasteiger partial charge in [-0.15, -0.1) is 0 Å². The van der Waals surface area contributed by atoms with E-state index in [-0.39, 0.29) is 12.3 Å². The number of methoxy groups -OCH3 is 1. The van der Waals surface area contributed by atoms with Crippen LogP contribution < -0.4 is 10.1 Å². The van der Waals surface area contributed by atoms with Gasteiger partial charge in [0.25, 0.3) is 0 Å². The van der Waals surface area contributed by atoms with E-state index in [0.717, 1.165) is 0 Å². The highest BCUT2D eigenvalue weighted by atomic mass is 19.1. The Bertz CT molecular complexity index is 578. The Labute approximate surface area is 121 Å². The van der Waals surface area contributed by atoms with Crippen molar-refractivity contribution >= 4 is 17.7 Å². The third-order valence-electron chi connectivity index (χ3n) is 3.68. The summed E-state index contributed by atoms with van der Waals surface area (Å²) in [7, 11) is 1.34. The van der Waals surface area contributed by atoms with Crippen LogP contribution in [0.15, 0.2) is 18.2 Å². The lowest BCUT2D eigenvalue weighted by atomic mass is 9.90. The molecule has 114 valence electrons. The van der Waals surface area contributed by atoms with Crippen molar-refractivity contribution in [2.24, 2.45) is 5.41 Å². The standard InChI is InChI=1S/C14H17FN2O4/c1-14(12(18)19)5-6-17(8-14)13(20)16-9-3-4-10(15)11(7-9)21-2/h3-4,7H,5-6,8H2,1-2H3,(H,16,20)(H,18,19). The molecular weight excluding hydrogens is 279 g/mol. The van der Waals surface area contributed by atoms with E-state index in [1.807, 2.05) is 0 Å². The number of carboxylic acid groups (broad SMARTS) is 1. The minimum Gasteiger partial charge on any atom is -0.494 e. The van der Waals surface area contributed by atoms with Gasteiger partial charge in [-0.3, -0.25) is 4.79 Å². The summed E-state index contributed by atoms with van der Waals surface area (Å²) in [5.41, 5.74) is -0.528. The molecule has 1 aromatic rings. The number of halogens is 1. The van der Waals surface area contributed by atoms with Crippen LogP contribution in [-0.2, 0) is 4.79 Å². The summed E-state index contributed by atoms with van der Waals surface area (Å²) in [4.78, 5) is 24.7. The Kier molecular flexibility index (Phi) is 4.02. The van der Waals surface area contributed by atoms with Gasteiger partial charge in [-0.05, 0) is 25.5 Å². The number of nitrogens with zero attached hydrogens (tertiary/aromatic N) is 1. The first kappa shape index (κ1) is 15.1. The third-order valence-corrected chi connectivity index (χ3v) is 3.68. The number of carbonyl (C=O) groups is 2. The minimum atomic E-state index is -0.919. The number of carboxylic acids is 1. The molecule has 0 bridgehead atoms. The van der Waals surface area contributed by atoms with Gasteiger partial charge < -0.3 is 20.1 Å². The Hall–Kier alpha value is -2.31. The maximum Gasteiger partial charge on any atom is 0.321 e. The predicted octanol–water partition coefficient (Wildman–Crippen LogP) is 2.16. The van der Waals surface area contributed by atoms with Gasteiger partial charge in [-0.2, -0.15) is 0 Å². The molecule has 1 aliphatic rings. The maximum absolute atomic E-state index is 13.3. The number of anilines is 1. The molecule has 1 aliphatic heterocycles. The van der Waals surface area contributed by atoms with Crippen molar-refractivity contribution in [3.63, 3.8) is 0 Å². The van der Waals surface area contributed by atoms with Crippen LogP contribution in [0, 0.1) is 11.2 Å². The summed E-state index contributed by atoms with van der Waals surface area (Å²) in [6.45, 7) is 2.13. The van der Waals surface area contributed by atoms with E-state index in [9.17, 15) is 14.0 Å². The molecule has 0 spiro atoms. The number of rotatable bonds is 3. The average molecular weight is 296 g/mol. The molecule has 1 heterocycles. The normalized spacial score (nSPS) is 21.2. The van der Waals surface area contributed by atoms with Crippen molar-refractivity contribution in [2.75, 3.05) is 25.5 Å². The van der Waals surface area contributed by atoms with E-state index in [0.29, 0.717) is 18.7 Å². The van der Waals surface area contributed by atoms with Gasteiger partial charge in [0.05, 0.1) is 12.5 Å². The molecule has 6 nitrogen and oxygen atoms in total. The van der Waals surface area contributed by atoms with E-state index in [4.69, 9.17) is 9.84 Å². The zero-order chi connectivity index (χ0) is 15.6. The SMILES string of the molecule is COc1cc(NC(=O)N2CCC(C)(C(=O)O)C2)ccc1F. The Morgan fingerprint density at radius 2 is 2.19 bits per heavy atom. The molecule has 1 atom stereocenters. The summed E-state index contributed by atoms with van der Waals surface area (Å²) in [5, 5.41) is 11.8. The molecule has 0 aromatic heterocycles. The highest BCUT2D eigenvalue weighted by molar-refractivity contribution is 5.90. The third kappa shape index (κ3) is 3.07. The topological polar surface area (TPSA) is 78.9 Å². The van der Waals surface area contributed by atoms with Gasteiger partial charge in [0.1, 0.15) is 0 Å². The van der Waals surface area contributed by atoms with Crippen molar-refractivity contribution in [3.05, 3.63) is 24.0 Å². The van der Waals surface area contributed by atoms with Crippen molar-refractivity contribution in [1.82, 2.24) is 4.90 Å². The fourth-order valence-corrected chi connectivity index (χ4v) is 2.25. The molecule has 1 aromatic carbocycles. The van der Waals surface area contributed by atoms with E-state index in [2.05, 4.69) is 5.32 Å². The molecule has 21 heavy (non-hydrogen) atoms. The summed E-state index contributed by atoms with van der Waals surface area (Å²) in [6.07, 6.45) is 0.405. The molecule has 1 fully saturated rings. The lowest BCUT2D eigenvalue weighted by Crippen LogP contribution is -2.37. The van der Waals surface area contributed by atoms with Crippen molar-refractivity contribution < 1.29 is 23.8 Å². The van der Waals surface area contributed by atoms with Crippen LogP contribution in [0.5, 0.6) is 5.75 Å². The van der Waals surface area contributed by atoms with Crippen molar-refractivity contribution in [1.29, 1.82) is 0 Å². The summed E-state index contributed by atoms with van der Waals surface area (Å²) < 4.78 is 18.1. The predicted molar refractivity (Wildman–Crippen MR) is 73.9 cm³/mol. The molecule has 0 aliphatic carbocycles. The van der Waals surface area contributed by atoms with Gasteiger partial charge >= 0.3 is 12.0 Å². The van der Waals surface area contributed by atoms with E-state index in [1.54, 1.807) is 6.92 Å². The molecule has 1 unspecified atom stereocenters. The zero-order valence-electron chi connectivity index (χ0n) is 11.9. The number of ether oxygens (including phenoxy) is 1. The van der Waals surface area contributed by atoms with Crippen LogP contribution in [0.25, 0.3) is 0 Å². The molecular formula is C14H17FN2O4. The Morgan fingerprint density at radius 3 is 2.76 bits per heavy atom. The highest BCUT2D eigenvalue weighted by Gasteiger charge is 2.42. The van der Waals surface area contributed by atoms with Crippen molar-refractivity contribution in [3.8, 4) is 5.75 Å². The Morgan fingerprint density at radius 1 is 1.48 bits per heavy atom. The molecule has 0 radical (unpaired) electrons. The largest absolute Gasteiger partial charge is 0.494 e. The molecule has 0 saturated carbocycles. The number of hydrogen-bond acceptors (Lipinski definition) is 3. The summed E-state index contributed by atoms with van der Waals surface area (Å²) in [6, 6.07) is 3.58. The minimum absolute atomic E-state index is 0.0320. The van der Waals surface area contributed by atoms with Gasteiger partial charge in [0.15, 0.2) is 11.6 Å². The Balaban J connectivity index is 2.04. The number of urea groups is 1. The molecule has 7 heteroatoms. The van der Waals surface area contributed by atoms with Crippen LogP contribution >= 0.6 is 0 Å². The summed E-state index contributed by atoms with van der Waals surface area (Å²) in [5.74, 6) is -1.40. The molecule has 1 saturated heterocycles. The molecule has 2 rings (SSSR count). The van der Waals surface area contributed by atoms with Gasteiger partial charge in [-0.1, -0.05) is 0 Å². The van der Waals surface area contributed by atoms with E-state index < -0.39 is 23.2 Å². The number of benzene rings is 1. The highest BCUT2D eigenvalue weighted by Crippen LogP contribution is 2.30. The van der Waals surface area contributed by atoms with Crippen LogP contribution in [0.1, 0.15) is 13.3 Å². The molecule has 2 amide bonds. The number of likely N-dealkylation sites (tertiary alicyclic amines) is 1. The van der Waals surface area contributed by atoms with Gasteiger partial charge in [0, 0.05) is 24.8 Å². The average Bonchev–Trinajstić information content (AvgIpc) is 2.85. The van der Waals surface area contributed by atoms with Gasteiger partial charge in [0.2, 0.25) is 0 Å². The second-order valence-electron chi connectivity index (χ2n) is 5.32. The first-order chi connectivity index (χ1) is 9.85. The molecule has 2 N–H and O–H groups in total. The first-order valence-corrected chi connectivity index (χ1v) is 6.48. The number of amides is 2. The van der Waals surface area contributed by atoms with Crippen LogP contribution in [0.4, 0.5) is 14.9 Å². The van der Waals surface area contributed by atoms with E-state index >= 15 is 0 Å².